The summed E-state index contributed by atoms with van der Waals surface area (Å²) in [7, 11) is 3.38. The standard InChI is InChI=1S/C25H23BrN4O2/c1-29(2)25(32)27-21-14-10-17(11-15-21)22-16-23(18-6-4-3-5-7-18)30(28-22)24(31)19-8-12-20(26)13-9-19/h3-15,23H,16H2,1-2H3,(H,27,32). The summed E-state index contributed by atoms with van der Waals surface area (Å²) in [6.07, 6.45) is 0.607. The third kappa shape index (κ3) is 4.73. The Hall–Kier alpha value is -3.45. The molecule has 0 fully saturated rings. The van der Waals surface area contributed by atoms with Gasteiger partial charge in [-0.3, -0.25) is 4.79 Å². The number of hydrogen-bond donors (Lipinski definition) is 1. The van der Waals surface area contributed by atoms with Crippen LogP contribution in [0.5, 0.6) is 0 Å². The van der Waals surface area contributed by atoms with Crippen molar-refractivity contribution in [1.82, 2.24) is 9.91 Å². The quantitative estimate of drug-likeness (QED) is 0.522. The summed E-state index contributed by atoms with van der Waals surface area (Å²) in [5.41, 5.74) is 4.07. The van der Waals surface area contributed by atoms with Gasteiger partial charge in [-0.2, -0.15) is 5.10 Å². The van der Waals surface area contributed by atoms with Crippen molar-refractivity contribution in [1.29, 1.82) is 0 Å². The molecule has 0 saturated heterocycles. The molecular formula is C25H23BrN4O2. The number of halogens is 1. The topological polar surface area (TPSA) is 65.0 Å². The minimum absolute atomic E-state index is 0.142. The maximum absolute atomic E-state index is 13.3. The van der Waals surface area contributed by atoms with Gasteiger partial charge in [-0.1, -0.05) is 58.4 Å². The van der Waals surface area contributed by atoms with E-state index in [1.54, 1.807) is 31.2 Å². The second-order valence-electron chi connectivity index (χ2n) is 7.74. The van der Waals surface area contributed by atoms with Crippen LogP contribution in [0.15, 0.2) is 88.4 Å². The average Bonchev–Trinajstić information content (AvgIpc) is 3.25. The van der Waals surface area contributed by atoms with Crippen molar-refractivity contribution in [2.75, 3.05) is 19.4 Å². The first-order valence-corrected chi connectivity index (χ1v) is 11.0. The Bertz CT molecular complexity index is 1140. The molecule has 162 valence electrons. The van der Waals surface area contributed by atoms with E-state index in [0.717, 1.165) is 21.3 Å². The number of anilines is 1. The van der Waals surface area contributed by atoms with Crippen molar-refractivity contribution in [3.05, 3.63) is 100 Å². The Morgan fingerprint density at radius 3 is 2.25 bits per heavy atom. The molecule has 0 radical (unpaired) electrons. The zero-order valence-electron chi connectivity index (χ0n) is 17.8. The molecule has 32 heavy (non-hydrogen) atoms. The first-order chi connectivity index (χ1) is 15.4. The predicted molar refractivity (Wildman–Crippen MR) is 130 cm³/mol. The van der Waals surface area contributed by atoms with Crippen LogP contribution in [0.1, 0.15) is 33.9 Å². The number of carbonyl (C=O) groups is 2. The maximum Gasteiger partial charge on any atom is 0.321 e. The van der Waals surface area contributed by atoms with Gasteiger partial charge in [0.2, 0.25) is 0 Å². The Morgan fingerprint density at radius 2 is 1.62 bits per heavy atom. The van der Waals surface area contributed by atoms with Crippen molar-refractivity contribution in [2.45, 2.75) is 12.5 Å². The highest BCUT2D eigenvalue weighted by Crippen LogP contribution is 2.34. The molecular weight excluding hydrogens is 468 g/mol. The molecule has 0 aliphatic carbocycles. The van der Waals surface area contributed by atoms with Crippen LogP contribution in [-0.2, 0) is 0 Å². The van der Waals surface area contributed by atoms with Crippen LogP contribution in [0.25, 0.3) is 0 Å². The number of benzene rings is 3. The van der Waals surface area contributed by atoms with Crippen LogP contribution in [0.3, 0.4) is 0 Å². The lowest BCUT2D eigenvalue weighted by atomic mass is 9.98. The van der Waals surface area contributed by atoms with Gasteiger partial charge in [0, 0.05) is 36.2 Å². The van der Waals surface area contributed by atoms with E-state index in [2.05, 4.69) is 21.2 Å². The van der Waals surface area contributed by atoms with Crippen molar-refractivity contribution < 1.29 is 9.59 Å². The Balaban J connectivity index is 1.62. The summed E-state index contributed by atoms with van der Waals surface area (Å²) in [6, 6.07) is 24.4. The third-order valence-corrected chi connectivity index (χ3v) is 5.80. The van der Waals surface area contributed by atoms with E-state index in [0.29, 0.717) is 17.7 Å². The second-order valence-corrected chi connectivity index (χ2v) is 8.65. The normalized spacial score (nSPS) is 15.3. The summed E-state index contributed by atoms with van der Waals surface area (Å²) in [5.74, 6) is -0.142. The minimum atomic E-state index is -0.189. The Kier molecular flexibility index (Phi) is 6.37. The molecule has 3 aromatic carbocycles. The van der Waals surface area contributed by atoms with Crippen molar-refractivity contribution in [3.8, 4) is 0 Å². The van der Waals surface area contributed by atoms with Crippen molar-refractivity contribution >= 4 is 39.3 Å². The fourth-order valence-corrected chi connectivity index (χ4v) is 3.78. The largest absolute Gasteiger partial charge is 0.331 e. The van der Waals surface area contributed by atoms with E-state index in [1.807, 2.05) is 66.7 Å². The number of amides is 3. The number of rotatable bonds is 4. The molecule has 1 atom stereocenters. The van der Waals surface area contributed by atoms with Crippen LogP contribution in [-0.4, -0.2) is 41.7 Å². The molecule has 1 heterocycles. The molecule has 1 aliphatic heterocycles. The zero-order chi connectivity index (χ0) is 22.7. The molecule has 0 saturated carbocycles. The van der Waals surface area contributed by atoms with Crippen LogP contribution < -0.4 is 5.32 Å². The van der Waals surface area contributed by atoms with E-state index in [1.165, 1.54) is 4.90 Å². The van der Waals surface area contributed by atoms with Gasteiger partial charge < -0.3 is 10.2 Å². The lowest BCUT2D eigenvalue weighted by Gasteiger charge is -2.22. The van der Waals surface area contributed by atoms with E-state index >= 15 is 0 Å². The van der Waals surface area contributed by atoms with Crippen molar-refractivity contribution in [3.63, 3.8) is 0 Å². The van der Waals surface area contributed by atoms with Gasteiger partial charge in [-0.25, -0.2) is 9.80 Å². The molecule has 0 spiro atoms. The van der Waals surface area contributed by atoms with Gasteiger partial charge in [0.1, 0.15) is 0 Å². The van der Waals surface area contributed by atoms with Crippen LogP contribution in [0.2, 0.25) is 0 Å². The fraction of sp³-hybridized carbons (Fsp3) is 0.160. The lowest BCUT2D eigenvalue weighted by Crippen LogP contribution is -2.27. The number of nitrogens with one attached hydrogen (secondary N) is 1. The van der Waals surface area contributed by atoms with Gasteiger partial charge in [-0.15, -0.1) is 0 Å². The van der Waals surface area contributed by atoms with Gasteiger partial charge >= 0.3 is 6.03 Å². The van der Waals surface area contributed by atoms with Crippen LogP contribution in [0, 0.1) is 0 Å². The number of nitrogens with zero attached hydrogens (tertiary/aromatic N) is 3. The summed E-state index contributed by atoms with van der Waals surface area (Å²) in [4.78, 5) is 26.7. The number of hydrazone groups is 1. The molecule has 4 rings (SSSR count). The molecule has 7 heteroatoms. The predicted octanol–water partition coefficient (Wildman–Crippen LogP) is 5.53. The Labute approximate surface area is 195 Å². The third-order valence-electron chi connectivity index (χ3n) is 5.27. The molecule has 0 bridgehead atoms. The van der Waals surface area contributed by atoms with Gasteiger partial charge in [0.15, 0.2) is 0 Å². The highest BCUT2D eigenvalue weighted by molar-refractivity contribution is 9.10. The average molecular weight is 491 g/mol. The lowest BCUT2D eigenvalue weighted by molar-refractivity contribution is 0.0711. The molecule has 3 aromatic rings. The number of urea groups is 1. The molecule has 1 unspecified atom stereocenters. The molecule has 1 aliphatic rings. The molecule has 6 nitrogen and oxygen atoms in total. The minimum Gasteiger partial charge on any atom is -0.331 e. The summed E-state index contributed by atoms with van der Waals surface area (Å²) in [5, 5.41) is 9.13. The fourth-order valence-electron chi connectivity index (χ4n) is 3.51. The second kappa shape index (κ2) is 9.36. The SMILES string of the molecule is CN(C)C(=O)Nc1ccc(C2=NN(C(=O)c3ccc(Br)cc3)C(c3ccccc3)C2)cc1. The van der Waals surface area contributed by atoms with Crippen molar-refractivity contribution in [2.24, 2.45) is 5.10 Å². The summed E-state index contributed by atoms with van der Waals surface area (Å²) in [6.45, 7) is 0. The monoisotopic (exact) mass is 490 g/mol. The van der Waals surface area contributed by atoms with Crippen LogP contribution >= 0.6 is 15.9 Å². The van der Waals surface area contributed by atoms with E-state index in [9.17, 15) is 9.59 Å². The highest BCUT2D eigenvalue weighted by atomic mass is 79.9. The van der Waals surface area contributed by atoms with E-state index in [-0.39, 0.29) is 18.0 Å². The zero-order valence-corrected chi connectivity index (χ0v) is 19.4. The summed E-state index contributed by atoms with van der Waals surface area (Å²) < 4.78 is 0.917. The first kappa shape index (κ1) is 21.8. The number of hydrogen-bond acceptors (Lipinski definition) is 3. The molecule has 1 N–H and O–H groups in total. The van der Waals surface area contributed by atoms with Gasteiger partial charge in [0.25, 0.3) is 5.91 Å². The molecule has 3 amide bonds. The van der Waals surface area contributed by atoms with Gasteiger partial charge in [-0.05, 0) is 47.5 Å². The van der Waals surface area contributed by atoms with Crippen LogP contribution in [0.4, 0.5) is 10.5 Å². The summed E-state index contributed by atoms with van der Waals surface area (Å²) >= 11 is 3.41. The molecule has 0 aromatic heterocycles. The van der Waals surface area contributed by atoms with E-state index in [4.69, 9.17) is 5.10 Å². The Morgan fingerprint density at radius 1 is 0.969 bits per heavy atom. The smallest absolute Gasteiger partial charge is 0.321 e. The first-order valence-electron chi connectivity index (χ1n) is 10.2. The maximum atomic E-state index is 13.3. The van der Waals surface area contributed by atoms with E-state index < -0.39 is 0 Å². The number of carbonyl (C=O) groups excluding carboxylic acids is 2. The highest BCUT2D eigenvalue weighted by Gasteiger charge is 2.33. The van der Waals surface area contributed by atoms with Gasteiger partial charge in [0.05, 0.1) is 11.8 Å².